The molecule has 3 rings (SSSR count). The van der Waals surface area contributed by atoms with Crippen molar-refractivity contribution in [3.8, 4) is 0 Å². The van der Waals surface area contributed by atoms with Gasteiger partial charge in [0.05, 0.1) is 6.42 Å². The fourth-order valence-electron chi connectivity index (χ4n) is 2.12. The van der Waals surface area contributed by atoms with Gasteiger partial charge in [-0.25, -0.2) is 0 Å². The zero-order valence-corrected chi connectivity index (χ0v) is 13.7. The largest absolute Gasteiger partial charge is 0.421 e. The van der Waals surface area contributed by atoms with Crippen molar-refractivity contribution in [3.63, 3.8) is 0 Å². The second-order valence-electron chi connectivity index (χ2n) is 5.03. The summed E-state index contributed by atoms with van der Waals surface area (Å²) in [6.07, 6.45) is 4.48. The van der Waals surface area contributed by atoms with E-state index in [1.165, 1.54) is 5.56 Å². The Hall–Kier alpha value is -2.20. The summed E-state index contributed by atoms with van der Waals surface area (Å²) in [7, 11) is 0. The molecule has 0 amide bonds. The normalized spacial score (nSPS) is 11.2. The van der Waals surface area contributed by atoms with Crippen LogP contribution in [0.15, 0.2) is 57.4 Å². The van der Waals surface area contributed by atoms with Crippen molar-refractivity contribution in [1.82, 2.24) is 10.2 Å². The van der Waals surface area contributed by atoms with E-state index in [1.807, 2.05) is 48.6 Å². The third-order valence-corrected chi connectivity index (χ3v) is 3.87. The Morgan fingerprint density at radius 1 is 1.00 bits per heavy atom. The minimum absolute atomic E-state index is 0.523. The highest BCUT2D eigenvalue weighted by Gasteiger charge is 2.05. The van der Waals surface area contributed by atoms with E-state index < -0.39 is 0 Å². The lowest BCUT2D eigenvalue weighted by Crippen LogP contribution is -1.87. The van der Waals surface area contributed by atoms with Crippen LogP contribution in [0.2, 0.25) is 0 Å². The molecule has 2 aromatic carbocycles. The van der Waals surface area contributed by atoms with Crippen LogP contribution < -0.4 is 0 Å². The Balaban J connectivity index is 1.71. The van der Waals surface area contributed by atoms with E-state index in [0.717, 1.165) is 15.6 Å². The molecular weight excluding hydrogens is 340 g/mol. The summed E-state index contributed by atoms with van der Waals surface area (Å²) in [5.74, 6) is 1.14. The van der Waals surface area contributed by atoms with Gasteiger partial charge in [0, 0.05) is 10.5 Å². The van der Waals surface area contributed by atoms with Crippen LogP contribution in [0.25, 0.3) is 12.2 Å². The van der Waals surface area contributed by atoms with Gasteiger partial charge in [-0.15, -0.1) is 10.2 Å². The van der Waals surface area contributed by atoms with Crippen LogP contribution >= 0.6 is 15.9 Å². The van der Waals surface area contributed by atoms with Gasteiger partial charge in [-0.2, -0.15) is 0 Å². The lowest BCUT2D eigenvalue weighted by atomic mass is 10.1. The minimum Gasteiger partial charge on any atom is -0.421 e. The quantitative estimate of drug-likeness (QED) is 0.668. The van der Waals surface area contributed by atoms with Crippen molar-refractivity contribution in [2.75, 3.05) is 0 Å². The van der Waals surface area contributed by atoms with Gasteiger partial charge in [0.25, 0.3) is 0 Å². The molecule has 110 valence electrons. The minimum atomic E-state index is 0.523. The highest BCUT2D eigenvalue weighted by Crippen LogP contribution is 2.15. The molecule has 3 aromatic rings. The maximum Gasteiger partial charge on any atom is 0.240 e. The summed E-state index contributed by atoms with van der Waals surface area (Å²) in [5.41, 5.74) is 3.50. The van der Waals surface area contributed by atoms with Crippen LogP contribution in [-0.2, 0) is 6.42 Å². The number of rotatable bonds is 4. The molecule has 0 radical (unpaired) electrons. The molecule has 0 saturated carbocycles. The summed E-state index contributed by atoms with van der Waals surface area (Å²) in [6.45, 7) is 2.08. The van der Waals surface area contributed by atoms with Crippen molar-refractivity contribution in [2.45, 2.75) is 13.3 Å². The Kier molecular flexibility index (Phi) is 4.49. The number of hydrogen-bond donors (Lipinski definition) is 0. The number of aryl methyl sites for hydroxylation is 1. The molecule has 22 heavy (non-hydrogen) atoms. The zero-order valence-electron chi connectivity index (χ0n) is 12.2. The molecule has 0 aliphatic heterocycles. The van der Waals surface area contributed by atoms with Gasteiger partial charge in [-0.3, -0.25) is 0 Å². The van der Waals surface area contributed by atoms with Crippen LogP contribution in [0.5, 0.6) is 0 Å². The lowest BCUT2D eigenvalue weighted by molar-refractivity contribution is 0.496. The van der Waals surface area contributed by atoms with Crippen LogP contribution in [0.1, 0.15) is 28.5 Å². The van der Waals surface area contributed by atoms with E-state index >= 15 is 0 Å². The predicted molar refractivity (Wildman–Crippen MR) is 91.4 cm³/mol. The van der Waals surface area contributed by atoms with E-state index in [-0.39, 0.29) is 0 Å². The third-order valence-electron chi connectivity index (χ3n) is 3.35. The summed E-state index contributed by atoms with van der Waals surface area (Å²) in [4.78, 5) is 0. The average Bonchev–Trinajstić information content (AvgIpc) is 2.96. The summed E-state index contributed by atoms with van der Waals surface area (Å²) < 4.78 is 6.72. The van der Waals surface area contributed by atoms with Crippen LogP contribution in [-0.4, -0.2) is 10.2 Å². The van der Waals surface area contributed by atoms with Crippen LogP contribution in [0.3, 0.4) is 0 Å². The second kappa shape index (κ2) is 6.71. The first-order chi connectivity index (χ1) is 10.7. The van der Waals surface area contributed by atoms with Crippen molar-refractivity contribution in [3.05, 3.63) is 81.5 Å². The van der Waals surface area contributed by atoms with Crippen molar-refractivity contribution in [2.24, 2.45) is 0 Å². The van der Waals surface area contributed by atoms with Crippen molar-refractivity contribution >= 4 is 28.1 Å². The van der Waals surface area contributed by atoms with Crippen molar-refractivity contribution < 1.29 is 4.42 Å². The monoisotopic (exact) mass is 354 g/mol. The summed E-state index contributed by atoms with van der Waals surface area (Å²) in [5, 5.41) is 8.15. The van der Waals surface area contributed by atoms with Crippen LogP contribution in [0, 0.1) is 6.92 Å². The van der Waals surface area contributed by atoms with E-state index in [2.05, 4.69) is 45.2 Å². The number of halogens is 1. The molecule has 0 N–H and O–H groups in total. The fraction of sp³-hybridized carbons (Fsp3) is 0.111. The van der Waals surface area contributed by atoms with E-state index in [4.69, 9.17) is 4.42 Å². The second-order valence-corrected chi connectivity index (χ2v) is 5.94. The third kappa shape index (κ3) is 3.71. The molecular formula is C18H15BrN2O. The fourth-order valence-corrected chi connectivity index (χ4v) is 2.38. The molecule has 0 unspecified atom stereocenters. The topological polar surface area (TPSA) is 38.9 Å². The average molecular weight is 355 g/mol. The zero-order chi connectivity index (χ0) is 15.4. The van der Waals surface area contributed by atoms with Gasteiger partial charge < -0.3 is 4.42 Å². The van der Waals surface area contributed by atoms with Crippen molar-refractivity contribution in [1.29, 1.82) is 0 Å². The molecule has 3 nitrogen and oxygen atoms in total. The maximum atomic E-state index is 5.66. The SMILES string of the molecule is Cc1ccccc1/C=C/c1nnc(Cc2ccc(Br)cc2)o1. The van der Waals surface area contributed by atoms with E-state index in [0.29, 0.717) is 18.2 Å². The Labute approximate surface area is 137 Å². The molecule has 1 heterocycles. The lowest BCUT2D eigenvalue weighted by Gasteiger charge is -1.97. The van der Waals surface area contributed by atoms with Gasteiger partial charge >= 0.3 is 0 Å². The highest BCUT2D eigenvalue weighted by molar-refractivity contribution is 9.10. The maximum absolute atomic E-state index is 5.66. The molecule has 4 heteroatoms. The molecule has 0 saturated heterocycles. The number of benzene rings is 2. The first-order valence-corrected chi connectivity index (χ1v) is 7.80. The van der Waals surface area contributed by atoms with Gasteiger partial charge in [0.1, 0.15) is 0 Å². The summed E-state index contributed by atoms with van der Waals surface area (Å²) >= 11 is 3.42. The van der Waals surface area contributed by atoms with Gasteiger partial charge in [-0.1, -0.05) is 52.3 Å². The Morgan fingerprint density at radius 2 is 1.77 bits per heavy atom. The molecule has 0 aliphatic carbocycles. The molecule has 0 fully saturated rings. The van der Waals surface area contributed by atoms with Gasteiger partial charge in [0.2, 0.25) is 11.8 Å². The Bertz CT molecular complexity index is 791. The molecule has 0 atom stereocenters. The number of nitrogens with zero attached hydrogens (tertiary/aromatic N) is 2. The van der Waals surface area contributed by atoms with E-state index in [9.17, 15) is 0 Å². The molecule has 1 aromatic heterocycles. The van der Waals surface area contributed by atoms with Gasteiger partial charge in [-0.05, 0) is 41.8 Å². The van der Waals surface area contributed by atoms with E-state index in [1.54, 1.807) is 0 Å². The summed E-state index contributed by atoms with van der Waals surface area (Å²) in [6, 6.07) is 16.3. The first-order valence-electron chi connectivity index (χ1n) is 7.01. The molecule has 0 spiro atoms. The smallest absolute Gasteiger partial charge is 0.240 e. The Morgan fingerprint density at radius 3 is 2.55 bits per heavy atom. The highest BCUT2D eigenvalue weighted by atomic mass is 79.9. The first kappa shape index (κ1) is 14.7. The van der Waals surface area contributed by atoms with Gasteiger partial charge in [0.15, 0.2) is 0 Å². The number of aromatic nitrogens is 2. The molecule has 0 bridgehead atoms. The molecule has 0 aliphatic rings. The standard InChI is InChI=1S/C18H15BrN2O/c1-13-4-2-3-5-15(13)8-11-17-20-21-18(22-17)12-14-6-9-16(19)10-7-14/h2-11H,12H2,1H3/b11-8+. The predicted octanol–water partition coefficient (Wildman–Crippen LogP) is 4.90. The number of hydrogen-bond acceptors (Lipinski definition) is 3. The van der Waals surface area contributed by atoms with Crippen LogP contribution in [0.4, 0.5) is 0 Å².